The Morgan fingerprint density at radius 3 is 2.15 bits per heavy atom. The van der Waals surface area contributed by atoms with Crippen molar-refractivity contribution in [3.05, 3.63) is 29.8 Å². The van der Waals surface area contributed by atoms with Crippen LogP contribution in [0.1, 0.15) is 33.3 Å². The lowest BCUT2D eigenvalue weighted by Crippen LogP contribution is -2.41. The van der Waals surface area contributed by atoms with Crippen molar-refractivity contribution in [1.82, 2.24) is 4.90 Å². The molecule has 5 nitrogen and oxygen atoms in total. The average molecular weight is 277 g/mol. The number of nitrogens with zero attached hydrogens (tertiary/aromatic N) is 1. The fourth-order valence-electron chi connectivity index (χ4n) is 1.78. The molecular weight excluding hydrogens is 254 g/mol. The highest BCUT2D eigenvalue weighted by Crippen LogP contribution is 2.23. The molecule has 0 aliphatic carbocycles. The number of imide groups is 1. The van der Waals surface area contributed by atoms with Crippen LogP contribution in [-0.2, 0) is 10.2 Å². The normalized spacial score (nSPS) is 11.1. The van der Waals surface area contributed by atoms with Gasteiger partial charge in [0.25, 0.3) is 0 Å². The standard InChI is InChI=1S/C15H23N3O2/c1-11(19)18(10-9-16)14(20)17-13-7-5-12(6-8-13)15(2,3)4/h5-8H,9-10,16H2,1-4H3,(H,17,20). The minimum absolute atomic E-state index is 0.0630. The monoisotopic (exact) mass is 277 g/mol. The third-order valence-corrected chi connectivity index (χ3v) is 2.98. The van der Waals surface area contributed by atoms with Crippen LogP contribution in [0, 0.1) is 0 Å². The van der Waals surface area contributed by atoms with Gasteiger partial charge < -0.3 is 11.1 Å². The first-order chi connectivity index (χ1) is 9.25. The van der Waals surface area contributed by atoms with E-state index in [1.807, 2.05) is 24.3 Å². The van der Waals surface area contributed by atoms with Crippen LogP contribution in [-0.4, -0.2) is 29.9 Å². The second kappa shape index (κ2) is 6.52. The van der Waals surface area contributed by atoms with Gasteiger partial charge >= 0.3 is 6.03 Å². The van der Waals surface area contributed by atoms with Gasteiger partial charge in [0.15, 0.2) is 0 Å². The van der Waals surface area contributed by atoms with Gasteiger partial charge in [-0.05, 0) is 23.1 Å². The fraction of sp³-hybridized carbons (Fsp3) is 0.467. The number of hydrogen-bond donors (Lipinski definition) is 2. The summed E-state index contributed by atoms with van der Waals surface area (Å²) in [6.07, 6.45) is 0. The molecule has 3 amide bonds. The molecule has 1 aromatic carbocycles. The zero-order valence-electron chi connectivity index (χ0n) is 12.6. The molecule has 0 unspecified atom stereocenters. The van der Waals surface area contributed by atoms with E-state index in [4.69, 9.17) is 5.73 Å². The first-order valence-electron chi connectivity index (χ1n) is 6.65. The number of rotatable bonds is 3. The van der Waals surface area contributed by atoms with Gasteiger partial charge in [0, 0.05) is 25.7 Å². The second-order valence-electron chi connectivity index (χ2n) is 5.72. The molecular formula is C15H23N3O2. The lowest BCUT2D eigenvalue weighted by atomic mass is 9.87. The van der Waals surface area contributed by atoms with Crippen molar-refractivity contribution >= 4 is 17.6 Å². The first-order valence-corrected chi connectivity index (χ1v) is 6.65. The topological polar surface area (TPSA) is 75.4 Å². The van der Waals surface area contributed by atoms with Crippen LogP contribution in [0.3, 0.4) is 0 Å². The Bertz CT molecular complexity index is 475. The van der Waals surface area contributed by atoms with Crippen LogP contribution in [0.5, 0.6) is 0 Å². The van der Waals surface area contributed by atoms with Crippen molar-refractivity contribution in [3.8, 4) is 0 Å². The minimum atomic E-state index is -0.452. The molecule has 0 atom stereocenters. The predicted molar refractivity (Wildman–Crippen MR) is 80.6 cm³/mol. The van der Waals surface area contributed by atoms with Crippen molar-refractivity contribution in [1.29, 1.82) is 0 Å². The molecule has 0 heterocycles. The molecule has 110 valence electrons. The van der Waals surface area contributed by atoms with Crippen LogP contribution in [0.25, 0.3) is 0 Å². The number of anilines is 1. The Labute approximate surface area is 120 Å². The molecule has 3 N–H and O–H groups in total. The number of amides is 3. The van der Waals surface area contributed by atoms with E-state index in [1.54, 1.807) is 0 Å². The Hall–Kier alpha value is -1.88. The molecule has 0 spiro atoms. The van der Waals surface area contributed by atoms with E-state index in [1.165, 1.54) is 12.5 Å². The zero-order valence-corrected chi connectivity index (χ0v) is 12.6. The summed E-state index contributed by atoms with van der Waals surface area (Å²) >= 11 is 0. The number of nitrogens with two attached hydrogens (primary N) is 1. The highest BCUT2D eigenvalue weighted by Gasteiger charge is 2.17. The number of carbonyl (C=O) groups is 2. The maximum absolute atomic E-state index is 12.0. The Morgan fingerprint density at radius 1 is 1.20 bits per heavy atom. The molecule has 20 heavy (non-hydrogen) atoms. The maximum atomic E-state index is 12.0. The van der Waals surface area contributed by atoms with Gasteiger partial charge in [-0.15, -0.1) is 0 Å². The van der Waals surface area contributed by atoms with Crippen LogP contribution in [0.15, 0.2) is 24.3 Å². The number of benzene rings is 1. The van der Waals surface area contributed by atoms with Gasteiger partial charge in [0.05, 0.1) is 0 Å². The van der Waals surface area contributed by atoms with Crippen LogP contribution in [0.4, 0.5) is 10.5 Å². The fourth-order valence-corrected chi connectivity index (χ4v) is 1.78. The van der Waals surface area contributed by atoms with E-state index in [9.17, 15) is 9.59 Å². The van der Waals surface area contributed by atoms with Crippen molar-refractivity contribution in [2.24, 2.45) is 5.73 Å². The molecule has 1 rings (SSSR count). The van der Waals surface area contributed by atoms with Crippen molar-refractivity contribution < 1.29 is 9.59 Å². The summed E-state index contributed by atoms with van der Waals surface area (Å²) in [4.78, 5) is 24.4. The van der Waals surface area contributed by atoms with Gasteiger partial charge in [-0.1, -0.05) is 32.9 Å². The summed E-state index contributed by atoms with van der Waals surface area (Å²) in [5, 5.41) is 2.70. The summed E-state index contributed by atoms with van der Waals surface area (Å²) in [7, 11) is 0. The molecule has 0 aromatic heterocycles. The van der Waals surface area contributed by atoms with Crippen molar-refractivity contribution in [3.63, 3.8) is 0 Å². The summed E-state index contributed by atoms with van der Waals surface area (Å²) in [6, 6.07) is 7.15. The van der Waals surface area contributed by atoms with E-state index < -0.39 is 6.03 Å². The van der Waals surface area contributed by atoms with Crippen molar-refractivity contribution in [2.75, 3.05) is 18.4 Å². The van der Waals surface area contributed by atoms with Crippen LogP contribution >= 0.6 is 0 Å². The number of hydrogen-bond acceptors (Lipinski definition) is 3. The second-order valence-corrected chi connectivity index (χ2v) is 5.72. The third-order valence-electron chi connectivity index (χ3n) is 2.98. The maximum Gasteiger partial charge on any atom is 0.328 e. The predicted octanol–water partition coefficient (Wildman–Crippen LogP) is 2.32. The Kier molecular flexibility index (Phi) is 5.27. The van der Waals surface area contributed by atoms with E-state index >= 15 is 0 Å². The van der Waals surface area contributed by atoms with E-state index in [2.05, 4.69) is 26.1 Å². The number of urea groups is 1. The van der Waals surface area contributed by atoms with Gasteiger partial charge in [-0.25, -0.2) is 4.79 Å². The Balaban J connectivity index is 2.78. The summed E-state index contributed by atoms with van der Waals surface area (Å²) in [6.45, 7) is 8.17. The molecule has 0 fully saturated rings. The molecule has 0 saturated carbocycles. The molecule has 0 aliphatic rings. The lowest BCUT2D eigenvalue weighted by molar-refractivity contribution is -0.125. The quantitative estimate of drug-likeness (QED) is 0.890. The minimum Gasteiger partial charge on any atom is -0.329 e. The molecule has 1 aromatic rings. The van der Waals surface area contributed by atoms with Gasteiger partial charge in [0.2, 0.25) is 5.91 Å². The molecule has 5 heteroatoms. The molecule has 0 bridgehead atoms. The first kappa shape index (κ1) is 16.2. The average Bonchev–Trinajstić information content (AvgIpc) is 2.34. The summed E-state index contributed by atoms with van der Waals surface area (Å²) in [5.74, 6) is -0.320. The smallest absolute Gasteiger partial charge is 0.328 e. The largest absolute Gasteiger partial charge is 0.329 e. The molecule has 0 aliphatic heterocycles. The highest BCUT2D eigenvalue weighted by molar-refractivity contribution is 6.00. The van der Waals surface area contributed by atoms with Crippen LogP contribution < -0.4 is 11.1 Å². The van der Waals surface area contributed by atoms with Crippen LogP contribution in [0.2, 0.25) is 0 Å². The van der Waals surface area contributed by atoms with Gasteiger partial charge in [-0.3, -0.25) is 9.69 Å². The van der Waals surface area contributed by atoms with Crippen molar-refractivity contribution in [2.45, 2.75) is 33.1 Å². The van der Waals surface area contributed by atoms with E-state index in [0.29, 0.717) is 5.69 Å². The zero-order chi connectivity index (χ0) is 15.3. The SMILES string of the molecule is CC(=O)N(CCN)C(=O)Nc1ccc(C(C)(C)C)cc1. The summed E-state index contributed by atoms with van der Waals surface area (Å²) < 4.78 is 0. The number of nitrogens with one attached hydrogen (secondary N) is 1. The van der Waals surface area contributed by atoms with Gasteiger partial charge in [-0.2, -0.15) is 0 Å². The van der Waals surface area contributed by atoms with Gasteiger partial charge in [0.1, 0.15) is 0 Å². The number of carbonyl (C=O) groups excluding carboxylic acids is 2. The van der Waals surface area contributed by atoms with E-state index in [0.717, 1.165) is 4.90 Å². The summed E-state index contributed by atoms with van der Waals surface area (Å²) in [5.41, 5.74) is 7.30. The highest BCUT2D eigenvalue weighted by atomic mass is 16.2. The molecule has 0 radical (unpaired) electrons. The Morgan fingerprint density at radius 2 is 1.75 bits per heavy atom. The molecule has 0 saturated heterocycles. The lowest BCUT2D eigenvalue weighted by Gasteiger charge is -2.21. The third kappa shape index (κ3) is 4.35. The van der Waals surface area contributed by atoms with E-state index in [-0.39, 0.29) is 24.4 Å².